The zero-order valence-corrected chi connectivity index (χ0v) is 9.38. The molecule has 94 valence electrons. The standard InChI is InChI=1S/C10H15N3O4/c1-6(14)2-9(15)13-8(10(16)17)3-7-4-11-5-12-7/h4-6,8,14H,2-3H2,1H3,(H,11,12)(H,13,15)(H,16,17). The lowest BCUT2D eigenvalue weighted by Gasteiger charge is -2.13. The molecule has 1 aromatic heterocycles. The number of aliphatic carboxylic acids is 1. The van der Waals surface area contributed by atoms with E-state index in [1.165, 1.54) is 13.3 Å². The summed E-state index contributed by atoms with van der Waals surface area (Å²) in [5.74, 6) is -1.63. The largest absolute Gasteiger partial charge is 0.480 e. The highest BCUT2D eigenvalue weighted by atomic mass is 16.4. The van der Waals surface area contributed by atoms with Gasteiger partial charge in [0.15, 0.2) is 0 Å². The van der Waals surface area contributed by atoms with Gasteiger partial charge in [-0.15, -0.1) is 0 Å². The number of nitrogens with zero attached hydrogens (tertiary/aromatic N) is 1. The monoisotopic (exact) mass is 241 g/mol. The zero-order chi connectivity index (χ0) is 12.8. The van der Waals surface area contributed by atoms with Gasteiger partial charge in [-0.25, -0.2) is 9.78 Å². The van der Waals surface area contributed by atoms with E-state index in [9.17, 15) is 9.59 Å². The first kappa shape index (κ1) is 13.2. The number of nitrogens with one attached hydrogen (secondary N) is 2. The number of carbonyl (C=O) groups is 2. The van der Waals surface area contributed by atoms with Crippen molar-refractivity contribution in [2.75, 3.05) is 0 Å². The summed E-state index contributed by atoms with van der Waals surface area (Å²) in [4.78, 5) is 28.9. The van der Waals surface area contributed by atoms with Crippen LogP contribution in [0.3, 0.4) is 0 Å². The minimum Gasteiger partial charge on any atom is -0.480 e. The molecule has 1 amide bonds. The molecule has 2 atom stereocenters. The van der Waals surface area contributed by atoms with Crippen LogP contribution in [0, 0.1) is 0 Å². The Bertz CT molecular complexity index is 375. The van der Waals surface area contributed by atoms with Gasteiger partial charge in [0.1, 0.15) is 6.04 Å². The molecule has 0 bridgehead atoms. The smallest absolute Gasteiger partial charge is 0.326 e. The van der Waals surface area contributed by atoms with Crippen LogP contribution in [0.1, 0.15) is 19.0 Å². The predicted molar refractivity (Wildman–Crippen MR) is 58.2 cm³/mol. The van der Waals surface area contributed by atoms with Gasteiger partial charge in [-0.2, -0.15) is 0 Å². The molecule has 0 aromatic carbocycles. The first-order valence-corrected chi connectivity index (χ1v) is 5.17. The summed E-state index contributed by atoms with van der Waals surface area (Å²) in [7, 11) is 0. The molecule has 2 unspecified atom stereocenters. The Labute approximate surface area is 97.9 Å². The summed E-state index contributed by atoms with van der Waals surface area (Å²) in [6.45, 7) is 1.46. The molecule has 0 aliphatic carbocycles. The summed E-state index contributed by atoms with van der Waals surface area (Å²) >= 11 is 0. The number of imidazole rings is 1. The van der Waals surface area contributed by atoms with Crippen LogP contribution in [-0.4, -0.2) is 44.2 Å². The number of carboxylic acids is 1. The SMILES string of the molecule is CC(O)CC(=O)NC(Cc1c[nH]cn1)C(=O)O. The van der Waals surface area contributed by atoms with Crippen molar-refractivity contribution < 1.29 is 19.8 Å². The molecule has 0 fully saturated rings. The Morgan fingerprint density at radius 3 is 2.76 bits per heavy atom. The molecular weight excluding hydrogens is 226 g/mol. The summed E-state index contributed by atoms with van der Waals surface area (Å²) < 4.78 is 0. The van der Waals surface area contributed by atoms with Crippen LogP contribution in [0.4, 0.5) is 0 Å². The van der Waals surface area contributed by atoms with Gasteiger partial charge in [-0.1, -0.05) is 0 Å². The number of hydrogen-bond acceptors (Lipinski definition) is 4. The van der Waals surface area contributed by atoms with Crippen molar-refractivity contribution >= 4 is 11.9 Å². The Morgan fingerprint density at radius 2 is 2.29 bits per heavy atom. The van der Waals surface area contributed by atoms with E-state index < -0.39 is 24.0 Å². The third-order valence-corrected chi connectivity index (χ3v) is 2.08. The van der Waals surface area contributed by atoms with Gasteiger partial charge in [-0.05, 0) is 6.92 Å². The van der Waals surface area contributed by atoms with E-state index in [-0.39, 0.29) is 12.8 Å². The maximum Gasteiger partial charge on any atom is 0.326 e. The van der Waals surface area contributed by atoms with E-state index in [1.807, 2.05) is 0 Å². The summed E-state index contributed by atoms with van der Waals surface area (Å²) in [5.41, 5.74) is 0.551. The Hall–Kier alpha value is -1.89. The van der Waals surface area contributed by atoms with E-state index in [0.717, 1.165) is 0 Å². The van der Waals surface area contributed by atoms with Crippen LogP contribution >= 0.6 is 0 Å². The molecule has 1 aromatic rings. The van der Waals surface area contributed by atoms with E-state index in [1.54, 1.807) is 6.20 Å². The summed E-state index contributed by atoms with van der Waals surface area (Å²) in [5, 5.41) is 20.3. The number of aliphatic hydroxyl groups is 1. The quantitative estimate of drug-likeness (QED) is 0.525. The molecule has 0 radical (unpaired) electrons. The highest BCUT2D eigenvalue weighted by Gasteiger charge is 2.21. The molecule has 0 saturated heterocycles. The van der Waals surface area contributed by atoms with Gasteiger partial charge in [0.25, 0.3) is 0 Å². The number of carboxylic acid groups (broad SMARTS) is 1. The van der Waals surface area contributed by atoms with Crippen molar-refractivity contribution in [3.8, 4) is 0 Å². The van der Waals surface area contributed by atoms with Gasteiger partial charge in [-0.3, -0.25) is 4.79 Å². The Balaban J connectivity index is 2.55. The molecule has 0 spiro atoms. The van der Waals surface area contributed by atoms with Crippen LogP contribution in [0.15, 0.2) is 12.5 Å². The van der Waals surface area contributed by atoms with Crippen molar-refractivity contribution in [3.05, 3.63) is 18.2 Å². The van der Waals surface area contributed by atoms with Crippen LogP contribution in [0.2, 0.25) is 0 Å². The Morgan fingerprint density at radius 1 is 1.59 bits per heavy atom. The number of H-pyrrole nitrogens is 1. The van der Waals surface area contributed by atoms with Crippen molar-refractivity contribution in [1.29, 1.82) is 0 Å². The lowest BCUT2D eigenvalue weighted by atomic mass is 10.1. The molecule has 4 N–H and O–H groups in total. The number of aliphatic hydroxyl groups excluding tert-OH is 1. The van der Waals surface area contributed by atoms with Gasteiger partial charge >= 0.3 is 5.97 Å². The van der Waals surface area contributed by atoms with E-state index in [4.69, 9.17) is 10.2 Å². The number of hydrogen-bond donors (Lipinski definition) is 4. The minimum absolute atomic E-state index is 0.102. The third kappa shape index (κ3) is 4.64. The number of aromatic amines is 1. The maximum atomic E-state index is 11.3. The fourth-order valence-corrected chi connectivity index (χ4v) is 1.33. The van der Waals surface area contributed by atoms with Crippen LogP contribution in [0.25, 0.3) is 0 Å². The maximum absolute atomic E-state index is 11.3. The first-order chi connectivity index (χ1) is 7.99. The average Bonchev–Trinajstić information content (AvgIpc) is 2.67. The van der Waals surface area contributed by atoms with E-state index in [2.05, 4.69) is 15.3 Å². The molecule has 0 saturated carbocycles. The average molecular weight is 241 g/mol. The van der Waals surface area contributed by atoms with Crippen molar-refractivity contribution in [2.24, 2.45) is 0 Å². The van der Waals surface area contributed by atoms with Gasteiger partial charge in [0.2, 0.25) is 5.91 Å². The van der Waals surface area contributed by atoms with Crippen molar-refractivity contribution in [1.82, 2.24) is 15.3 Å². The van der Waals surface area contributed by atoms with Crippen molar-refractivity contribution in [2.45, 2.75) is 31.9 Å². The highest BCUT2D eigenvalue weighted by Crippen LogP contribution is 2.00. The van der Waals surface area contributed by atoms with Crippen molar-refractivity contribution in [3.63, 3.8) is 0 Å². The predicted octanol–water partition coefficient (Wildman–Crippen LogP) is -0.707. The molecule has 7 heteroatoms. The number of amides is 1. The first-order valence-electron chi connectivity index (χ1n) is 5.17. The normalized spacial score (nSPS) is 14.0. The molecule has 17 heavy (non-hydrogen) atoms. The second kappa shape index (κ2) is 6.00. The van der Waals surface area contributed by atoms with Gasteiger partial charge in [0, 0.05) is 12.6 Å². The van der Waals surface area contributed by atoms with Crippen LogP contribution in [-0.2, 0) is 16.0 Å². The molecule has 7 nitrogen and oxygen atoms in total. The lowest BCUT2D eigenvalue weighted by Crippen LogP contribution is -2.43. The van der Waals surface area contributed by atoms with Crippen LogP contribution < -0.4 is 5.32 Å². The molecule has 1 heterocycles. The summed E-state index contributed by atoms with van der Waals surface area (Å²) in [6.07, 6.45) is 2.19. The van der Waals surface area contributed by atoms with Gasteiger partial charge in [0.05, 0.1) is 24.5 Å². The second-order valence-corrected chi connectivity index (χ2v) is 3.78. The fraction of sp³-hybridized carbons (Fsp3) is 0.500. The van der Waals surface area contributed by atoms with Gasteiger partial charge < -0.3 is 20.5 Å². The number of carbonyl (C=O) groups excluding carboxylic acids is 1. The third-order valence-electron chi connectivity index (χ3n) is 2.08. The fourth-order valence-electron chi connectivity index (χ4n) is 1.33. The molecule has 0 aliphatic heterocycles. The van der Waals surface area contributed by atoms with E-state index >= 15 is 0 Å². The molecule has 0 aliphatic rings. The minimum atomic E-state index is -1.13. The lowest BCUT2D eigenvalue weighted by molar-refractivity contribution is -0.142. The number of rotatable bonds is 6. The second-order valence-electron chi connectivity index (χ2n) is 3.78. The molecule has 1 rings (SSSR count). The van der Waals surface area contributed by atoms with E-state index in [0.29, 0.717) is 5.69 Å². The number of aromatic nitrogens is 2. The Kier molecular flexibility index (Phi) is 4.65. The topological polar surface area (TPSA) is 115 Å². The summed E-state index contributed by atoms with van der Waals surface area (Å²) in [6, 6.07) is -1.04. The highest BCUT2D eigenvalue weighted by molar-refractivity contribution is 5.83. The molecular formula is C10H15N3O4. The van der Waals surface area contributed by atoms with Crippen LogP contribution in [0.5, 0.6) is 0 Å². The zero-order valence-electron chi connectivity index (χ0n) is 9.38.